The zero-order valence-electron chi connectivity index (χ0n) is 10.7. The molecular formula is C13H26O2. The molecule has 0 aliphatic carbocycles. The molecule has 0 bridgehead atoms. The molecule has 2 heteroatoms. The van der Waals surface area contributed by atoms with Gasteiger partial charge in [-0.05, 0) is 19.8 Å². The minimum Gasteiger partial charge on any atom is -0.352 e. The van der Waals surface area contributed by atoms with E-state index in [2.05, 4.69) is 27.7 Å². The minimum absolute atomic E-state index is 0.0462. The summed E-state index contributed by atoms with van der Waals surface area (Å²) in [5.74, 6) is 0. The first-order chi connectivity index (χ1) is 7.06. The van der Waals surface area contributed by atoms with Gasteiger partial charge in [-0.25, -0.2) is 0 Å². The molecule has 1 aliphatic heterocycles. The van der Waals surface area contributed by atoms with Crippen molar-refractivity contribution in [1.82, 2.24) is 0 Å². The molecule has 2 atom stereocenters. The van der Waals surface area contributed by atoms with Gasteiger partial charge in [0.15, 0.2) is 6.29 Å². The fourth-order valence-corrected chi connectivity index (χ4v) is 1.77. The lowest BCUT2D eigenvalue weighted by Gasteiger charge is -2.40. The first kappa shape index (κ1) is 13.0. The van der Waals surface area contributed by atoms with E-state index in [1.54, 1.807) is 0 Å². The van der Waals surface area contributed by atoms with Gasteiger partial charge in [0.1, 0.15) is 0 Å². The second-order valence-corrected chi connectivity index (χ2v) is 5.36. The Bertz CT molecular complexity index is 177. The monoisotopic (exact) mass is 214 g/mol. The van der Waals surface area contributed by atoms with Crippen molar-refractivity contribution < 1.29 is 9.47 Å². The molecule has 1 aliphatic rings. The van der Waals surface area contributed by atoms with Gasteiger partial charge in [0.2, 0.25) is 0 Å². The Morgan fingerprint density at radius 2 is 1.93 bits per heavy atom. The van der Waals surface area contributed by atoms with Crippen molar-refractivity contribution in [1.29, 1.82) is 0 Å². The summed E-state index contributed by atoms with van der Waals surface area (Å²) >= 11 is 0. The Morgan fingerprint density at radius 1 is 1.20 bits per heavy atom. The van der Waals surface area contributed by atoms with E-state index in [0.717, 1.165) is 13.0 Å². The zero-order valence-corrected chi connectivity index (χ0v) is 10.7. The highest BCUT2D eigenvalue weighted by atomic mass is 16.7. The molecule has 90 valence electrons. The molecule has 0 aromatic carbocycles. The van der Waals surface area contributed by atoms with Gasteiger partial charge < -0.3 is 9.47 Å². The Kier molecular flexibility index (Phi) is 5.07. The first-order valence-electron chi connectivity index (χ1n) is 6.33. The van der Waals surface area contributed by atoms with Crippen molar-refractivity contribution in [3.8, 4) is 0 Å². The van der Waals surface area contributed by atoms with Gasteiger partial charge in [0.25, 0.3) is 0 Å². The van der Waals surface area contributed by atoms with Crippen molar-refractivity contribution in [3.05, 3.63) is 0 Å². The van der Waals surface area contributed by atoms with Gasteiger partial charge in [-0.1, -0.05) is 40.0 Å². The Balaban J connectivity index is 2.18. The smallest absolute Gasteiger partial charge is 0.157 e. The van der Waals surface area contributed by atoms with Gasteiger partial charge in [-0.2, -0.15) is 0 Å². The van der Waals surface area contributed by atoms with Crippen molar-refractivity contribution in [2.24, 2.45) is 5.41 Å². The van der Waals surface area contributed by atoms with Gasteiger partial charge in [-0.15, -0.1) is 0 Å². The molecule has 0 amide bonds. The number of ether oxygens (including phenoxy) is 2. The average Bonchev–Trinajstić information content (AvgIpc) is 2.18. The van der Waals surface area contributed by atoms with Gasteiger partial charge in [0.05, 0.1) is 12.7 Å². The van der Waals surface area contributed by atoms with Crippen LogP contribution >= 0.6 is 0 Å². The molecule has 15 heavy (non-hydrogen) atoms. The largest absolute Gasteiger partial charge is 0.352 e. The second-order valence-electron chi connectivity index (χ2n) is 5.36. The van der Waals surface area contributed by atoms with Crippen LogP contribution in [-0.4, -0.2) is 19.0 Å². The van der Waals surface area contributed by atoms with Crippen LogP contribution in [0.1, 0.15) is 59.8 Å². The SMILES string of the molecule is CCCCCCC1OCC(C)(C)C(C)O1. The lowest BCUT2D eigenvalue weighted by atomic mass is 9.87. The maximum absolute atomic E-state index is 5.86. The summed E-state index contributed by atoms with van der Waals surface area (Å²) < 4.78 is 11.6. The lowest BCUT2D eigenvalue weighted by Crippen LogP contribution is -2.44. The van der Waals surface area contributed by atoms with Crippen LogP contribution in [0.3, 0.4) is 0 Å². The lowest BCUT2D eigenvalue weighted by molar-refractivity contribution is -0.256. The van der Waals surface area contributed by atoms with Gasteiger partial charge >= 0.3 is 0 Å². The summed E-state index contributed by atoms with van der Waals surface area (Å²) in [6.07, 6.45) is 6.56. The molecule has 0 aromatic rings. The molecule has 2 nitrogen and oxygen atoms in total. The van der Waals surface area contributed by atoms with Crippen LogP contribution in [0.4, 0.5) is 0 Å². The van der Waals surface area contributed by atoms with Crippen LogP contribution in [0.25, 0.3) is 0 Å². The molecule has 1 heterocycles. The van der Waals surface area contributed by atoms with E-state index < -0.39 is 0 Å². The predicted octanol–water partition coefficient (Wildman–Crippen LogP) is 3.74. The van der Waals surface area contributed by atoms with Crippen LogP contribution in [0.2, 0.25) is 0 Å². The Morgan fingerprint density at radius 3 is 2.53 bits per heavy atom. The molecule has 1 saturated heterocycles. The average molecular weight is 214 g/mol. The number of rotatable bonds is 5. The molecule has 0 radical (unpaired) electrons. The third kappa shape index (κ3) is 4.12. The third-order valence-corrected chi connectivity index (χ3v) is 3.39. The summed E-state index contributed by atoms with van der Waals surface area (Å²) in [7, 11) is 0. The van der Waals surface area contributed by atoms with E-state index in [1.807, 2.05) is 0 Å². The fourth-order valence-electron chi connectivity index (χ4n) is 1.77. The number of unbranched alkanes of at least 4 members (excludes halogenated alkanes) is 3. The van der Waals surface area contributed by atoms with Crippen molar-refractivity contribution >= 4 is 0 Å². The Labute approximate surface area is 94.3 Å². The van der Waals surface area contributed by atoms with E-state index in [9.17, 15) is 0 Å². The summed E-state index contributed by atoms with van der Waals surface area (Å²) in [6, 6.07) is 0. The second kappa shape index (κ2) is 5.86. The standard InChI is InChI=1S/C13H26O2/c1-5-6-7-8-9-12-14-10-13(3,4)11(2)15-12/h11-12H,5-10H2,1-4H3. The van der Waals surface area contributed by atoms with Crippen LogP contribution in [0, 0.1) is 5.41 Å². The highest BCUT2D eigenvalue weighted by Gasteiger charge is 2.34. The summed E-state index contributed by atoms with van der Waals surface area (Å²) in [6.45, 7) is 9.61. The molecule has 0 N–H and O–H groups in total. The third-order valence-electron chi connectivity index (χ3n) is 3.39. The maximum Gasteiger partial charge on any atom is 0.157 e. The number of hydrogen-bond acceptors (Lipinski definition) is 2. The van der Waals surface area contributed by atoms with E-state index in [0.29, 0.717) is 6.10 Å². The molecule has 1 fully saturated rings. The zero-order chi connectivity index (χ0) is 11.3. The highest BCUT2D eigenvalue weighted by molar-refractivity contribution is 4.79. The van der Waals surface area contributed by atoms with Crippen LogP contribution in [0.5, 0.6) is 0 Å². The number of hydrogen-bond donors (Lipinski definition) is 0. The van der Waals surface area contributed by atoms with Crippen LogP contribution < -0.4 is 0 Å². The van der Waals surface area contributed by atoms with Crippen molar-refractivity contribution in [2.45, 2.75) is 72.2 Å². The van der Waals surface area contributed by atoms with Gasteiger partial charge in [0, 0.05) is 5.41 Å². The quantitative estimate of drug-likeness (QED) is 0.649. The Hall–Kier alpha value is -0.0800. The van der Waals surface area contributed by atoms with Crippen molar-refractivity contribution in [3.63, 3.8) is 0 Å². The van der Waals surface area contributed by atoms with Crippen LogP contribution in [-0.2, 0) is 9.47 Å². The maximum atomic E-state index is 5.86. The highest BCUT2D eigenvalue weighted by Crippen LogP contribution is 2.31. The van der Waals surface area contributed by atoms with Crippen LogP contribution in [0.15, 0.2) is 0 Å². The summed E-state index contributed by atoms with van der Waals surface area (Å²) in [5.41, 5.74) is 0.167. The van der Waals surface area contributed by atoms with E-state index in [1.165, 1.54) is 25.7 Å². The van der Waals surface area contributed by atoms with E-state index in [-0.39, 0.29) is 11.7 Å². The minimum atomic E-state index is 0.0462. The first-order valence-corrected chi connectivity index (χ1v) is 6.33. The predicted molar refractivity (Wildman–Crippen MR) is 62.8 cm³/mol. The van der Waals surface area contributed by atoms with E-state index >= 15 is 0 Å². The molecule has 0 aromatic heterocycles. The summed E-state index contributed by atoms with van der Waals surface area (Å²) in [5, 5.41) is 0. The van der Waals surface area contributed by atoms with Gasteiger partial charge in [-0.3, -0.25) is 0 Å². The molecule has 2 unspecified atom stereocenters. The van der Waals surface area contributed by atoms with E-state index in [4.69, 9.17) is 9.47 Å². The molecule has 1 rings (SSSR count). The fraction of sp³-hybridized carbons (Fsp3) is 1.00. The van der Waals surface area contributed by atoms with Crippen molar-refractivity contribution in [2.75, 3.05) is 6.61 Å². The molecular weight excluding hydrogens is 188 g/mol. The molecule has 0 spiro atoms. The molecule has 0 saturated carbocycles. The summed E-state index contributed by atoms with van der Waals surface area (Å²) in [4.78, 5) is 0. The topological polar surface area (TPSA) is 18.5 Å². The normalized spacial score (nSPS) is 30.4.